The number of hydrogen-bond donors (Lipinski definition) is 0. The highest BCUT2D eigenvalue weighted by Gasteiger charge is 2.18. The molecule has 0 aliphatic carbocycles. The number of likely N-dealkylation sites (tertiary alicyclic amines) is 1. The second kappa shape index (κ2) is 8.02. The van der Waals surface area contributed by atoms with Crippen LogP contribution in [0.5, 0.6) is 0 Å². The van der Waals surface area contributed by atoms with Crippen LogP contribution in [0.25, 0.3) is 11.1 Å². The van der Waals surface area contributed by atoms with Gasteiger partial charge in [-0.3, -0.25) is 4.57 Å². The van der Waals surface area contributed by atoms with E-state index in [0.29, 0.717) is 5.58 Å². The van der Waals surface area contributed by atoms with Crippen LogP contribution in [-0.4, -0.2) is 29.1 Å². The Bertz CT molecular complexity index is 708. The van der Waals surface area contributed by atoms with Crippen molar-refractivity contribution in [1.82, 2.24) is 9.47 Å². The average molecular weight is 330 g/mol. The topological polar surface area (TPSA) is 38.4 Å². The Hall–Kier alpha value is -1.55. The van der Waals surface area contributed by atoms with Crippen LogP contribution in [0.3, 0.4) is 0 Å². The number of unbranched alkanes of at least 4 members (excludes halogenated alkanes) is 1. The van der Waals surface area contributed by atoms with Gasteiger partial charge in [0, 0.05) is 6.54 Å². The first-order valence-electron chi connectivity index (χ1n) is 9.49. The highest BCUT2D eigenvalue weighted by molar-refractivity contribution is 5.73. The minimum absolute atomic E-state index is 0.228. The van der Waals surface area contributed by atoms with Crippen molar-refractivity contribution in [2.45, 2.75) is 58.9 Å². The van der Waals surface area contributed by atoms with E-state index in [-0.39, 0.29) is 5.76 Å². The van der Waals surface area contributed by atoms with Gasteiger partial charge in [0.05, 0.1) is 5.52 Å². The van der Waals surface area contributed by atoms with Gasteiger partial charge >= 0.3 is 5.76 Å². The van der Waals surface area contributed by atoms with Gasteiger partial charge in [0.1, 0.15) is 0 Å². The van der Waals surface area contributed by atoms with E-state index in [1.165, 1.54) is 45.2 Å². The smallest absolute Gasteiger partial charge is 0.408 e. The maximum atomic E-state index is 12.1. The molecular formula is C20H30N2O2. The molecule has 3 rings (SSSR count). The van der Waals surface area contributed by atoms with Crippen LogP contribution in [-0.2, 0) is 6.54 Å². The summed E-state index contributed by atoms with van der Waals surface area (Å²) in [5.41, 5.74) is 2.75. The number of benzene rings is 1. The molecule has 24 heavy (non-hydrogen) atoms. The van der Waals surface area contributed by atoms with E-state index in [9.17, 15) is 4.79 Å². The van der Waals surface area contributed by atoms with Crippen molar-refractivity contribution in [1.29, 1.82) is 0 Å². The summed E-state index contributed by atoms with van der Waals surface area (Å²) >= 11 is 0. The van der Waals surface area contributed by atoms with E-state index in [4.69, 9.17) is 4.42 Å². The van der Waals surface area contributed by atoms with Crippen LogP contribution in [0.2, 0.25) is 0 Å². The van der Waals surface area contributed by atoms with Gasteiger partial charge < -0.3 is 9.32 Å². The number of oxazole rings is 1. The lowest BCUT2D eigenvalue weighted by Crippen LogP contribution is -2.35. The molecule has 0 amide bonds. The van der Waals surface area contributed by atoms with Gasteiger partial charge in [-0.25, -0.2) is 4.79 Å². The zero-order chi connectivity index (χ0) is 16.9. The number of aromatic nitrogens is 1. The second-order valence-corrected chi connectivity index (χ2v) is 7.27. The molecule has 4 nitrogen and oxygen atoms in total. The van der Waals surface area contributed by atoms with Gasteiger partial charge in [0.2, 0.25) is 0 Å². The molecular weight excluding hydrogens is 300 g/mol. The molecule has 2 heterocycles. The minimum atomic E-state index is -0.228. The zero-order valence-electron chi connectivity index (χ0n) is 15.1. The van der Waals surface area contributed by atoms with Crippen molar-refractivity contribution >= 4 is 11.1 Å². The van der Waals surface area contributed by atoms with Crippen LogP contribution < -0.4 is 5.76 Å². The van der Waals surface area contributed by atoms with Crippen molar-refractivity contribution in [2.75, 3.05) is 19.6 Å². The van der Waals surface area contributed by atoms with Crippen LogP contribution in [0, 0.1) is 12.8 Å². The van der Waals surface area contributed by atoms with Crippen LogP contribution in [0.4, 0.5) is 0 Å². The SMILES string of the molecule is CCCCC1CCN(CCCn2c(=O)oc3cc(C)ccc32)CC1. The summed E-state index contributed by atoms with van der Waals surface area (Å²) in [6.07, 6.45) is 7.78. The molecule has 1 aromatic heterocycles. The molecule has 1 aromatic carbocycles. The number of rotatable bonds is 7. The Morgan fingerprint density at radius 3 is 2.71 bits per heavy atom. The molecule has 0 atom stereocenters. The average Bonchev–Trinajstić information content (AvgIpc) is 2.89. The third kappa shape index (κ3) is 4.10. The van der Waals surface area contributed by atoms with Crippen LogP contribution in [0.1, 0.15) is 51.0 Å². The molecule has 4 heteroatoms. The molecule has 1 aliphatic rings. The molecule has 0 unspecified atom stereocenters. The summed E-state index contributed by atoms with van der Waals surface area (Å²) < 4.78 is 7.15. The van der Waals surface area contributed by atoms with E-state index >= 15 is 0 Å². The third-order valence-corrected chi connectivity index (χ3v) is 5.35. The van der Waals surface area contributed by atoms with Crippen LogP contribution in [0.15, 0.2) is 27.4 Å². The maximum absolute atomic E-state index is 12.1. The van der Waals surface area contributed by atoms with Gasteiger partial charge in [0.25, 0.3) is 0 Å². The predicted octanol–water partition coefficient (Wildman–Crippen LogP) is 4.20. The van der Waals surface area contributed by atoms with Gasteiger partial charge in [0.15, 0.2) is 5.58 Å². The summed E-state index contributed by atoms with van der Waals surface area (Å²) in [7, 11) is 0. The first-order chi connectivity index (χ1) is 11.7. The Kier molecular flexibility index (Phi) is 5.77. The van der Waals surface area contributed by atoms with Crippen molar-refractivity contribution < 1.29 is 4.42 Å². The summed E-state index contributed by atoms with van der Waals surface area (Å²) in [5.74, 6) is 0.707. The molecule has 1 fully saturated rings. The zero-order valence-corrected chi connectivity index (χ0v) is 15.1. The summed E-state index contributed by atoms with van der Waals surface area (Å²) in [6.45, 7) is 8.54. The highest BCUT2D eigenvalue weighted by atomic mass is 16.4. The van der Waals surface area contributed by atoms with Crippen molar-refractivity contribution in [3.63, 3.8) is 0 Å². The predicted molar refractivity (Wildman–Crippen MR) is 98.5 cm³/mol. The molecule has 132 valence electrons. The fourth-order valence-electron chi connectivity index (χ4n) is 3.83. The number of nitrogens with zero attached hydrogens (tertiary/aromatic N) is 2. The molecule has 1 aliphatic heterocycles. The van der Waals surface area contributed by atoms with E-state index in [1.54, 1.807) is 4.57 Å². The first-order valence-corrected chi connectivity index (χ1v) is 9.49. The lowest BCUT2D eigenvalue weighted by molar-refractivity contribution is 0.173. The van der Waals surface area contributed by atoms with Crippen molar-refractivity contribution in [3.8, 4) is 0 Å². The fraction of sp³-hybridized carbons (Fsp3) is 0.650. The van der Waals surface area contributed by atoms with Gasteiger partial charge in [-0.2, -0.15) is 0 Å². The summed E-state index contributed by atoms with van der Waals surface area (Å²) in [6, 6.07) is 5.97. The lowest BCUT2D eigenvalue weighted by atomic mass is 9.91. The largest absolute Gasteiger partial charge is 0.419 e. The Balaban J connectivity index is 1.49. The quantitative estimate of drug-likeness (QED) is 0.764. The summed E-state index contributed by atoms with van der Waals surface area (Å²) in [5, 5.41) is 0. The van der Waals surface area contributed by atoms with E-state index in [0.717, 1.165) is 36.5 Å². The third-order valence-electron chi connectivity index (χ3n) is 5.35. The highest BCUT2D eigenvalue weighted by Crippen LogP contribution is 2.22. The Morgan fingerprint density at radius 1 is 1.17 bits per heavy atom. The normalized spacial score (nSPS) is 16.9. The second-order valence-electron chi connectivity index (χ2n) is 7.27. The first kappa shape index (κ1) is 17.3. The van der Waals surface area contributed by atoms with Crippen molar-refractivity contribution in [3.05, 3.63) is 34.3 Å². The molecule has 0 N–H and O–H groups in total. The number of hydrogen-bond acceptors (Lipinski definition) is 3. The standard InChI is InChI=1S/C20H30N2O2/c1-3-4-6-17-9-13-21(14-10-17)11-5-12-22-18-8-7-16(2)15-19(18)24-20(22)23/h7-8,15,17H,3-6,9-14H2,1-2H3. The number of aryl methyl sites for hydroxylation is 2. The molecule has 0 saturated carbocycles. The fourth-order valence-corrected chi connectivity index (χ4v) is 3.83. The van der Waals surface area contributed by atoms with Crippen molar-refractivity contribution in [2.24, 2.45) is 5.92 Å². The van der Waals surface area contributed by atoms with E-state index in [1.807, 2.05) is 25.1 Å². The summed E-state index contributed by atoms with van der Waals surface area (Å²) in [4.78, 5) is 14.6. The van der Waals surface area contributed by atoms with E-state index < -0.39 is 0 Å². The molecule has 0 bridgehead atoms. The Labute approximate surface area is 144 Å². The number of piperidine rings is 1. The molecule has 2 aromatic rings. The van der Waals surface area contributed by atoms with Gasteiger partial charge in [-0.05, 0) is 69.4 Å². The maximum Gasteiger partial charge on any atom is 0.419 e. The van der Waals surface area contributed by atoms with Crippen LogP contribution >= 0.6 is 0 Å². The van der Waals surface area contributed by atoms with Gasteiger partial charge in [-0.1, -0.05) is 32.3 Å². The molecule has 1 saturated heterocycles. The lowest BCUT2D eigenvalue weighted by Gasteiger charge is -2.31. The molecule has 0 radical (unpaired) electrons. The number of fused-ring (bicyclic) bond motifs is 1. The molecule has 0 spiro atoms. The van der Waals surface area contributed by atoms with E-state index in [2.05, 4.69) is 11.8 Å². The Morgan fingerprint density at radius 2 is 1.96 bits per heavy atom. The monoisotopic (exact) mass is 330 g/mol. The minimum Gasteiger partial charge on any atom is -0.408 e. The van der Waals surface area contributed by atoms with Gasteiger partial charge in [-0.15, -0.1) is 0 Å².